The molecule has 2 atom stereocenters. The van der Waals surface area contributed by atoms with Gasteiger partial charge in [0.05, 0.1) is 6.04 Å². The highest BCUT2D eigenvalue weighted by Crippen LogP contribution is 1.95. The number of ketones is 1. The van der Waals surface area contributed by atoms with Gasteiger partial charge in [-0.3, -0.25) is 14.4 Å². The number of Topliss-reactive ketones (excluding diaryl/α,β-unsaturated/α-hetero) is 1. The van der Waals surface area contributed by atoms with Crippen LogP contribution in [0.15, 0.2) is 12.4 Å². The molecule has 0 aromatic carbocycles. The Morgan fingerprint density at radius 2 is 2.30 bits per heavy atom. The van der Waals surface area contributed by atoms with Crippen molar-refractivity contribution in [2.45, 2.75) is 32.4 Å². The first kappa shape index (κ1) is 16.3. The van der Waals surface area contributed by atoms with Crippen LogP contribution in [0.3, 0.4) is 0 Å². The second kappa shape index (κ2) is 8.41. The van der Waals surface area contributed by atoms with Gasteiger partial charge in [-0.25, -0.2) is 10.5 Å². The number of aromatic amines is 1. The van der Waals surface area contributed by atoms with Gasteiger partial charge in [-0.2, -0.15) is 0 Å². The standard InChI is InChI=1S/C12H21N5O3/c1-8(6-16-20-7-9(2)18)17-12(19)10(13)5-11-14-3-4-15-11/h3-4,8,10,16H,5-7,13H2,1-2H3,(H,14,15)(H,17,19)/t8-,10-/m0/s1. The van der Waals surface area contributed by atoms with E-state index in [1.54, 1.807) is 12.4 Å². The average Bonchev–Trinajstić information content (AvgIpc) is 2.87. The van der Waals surface area contributed by atoms with Crippen molar-refractivity contribution in [3.05, 3.63) is 18.2 Å². The Hall–Kier alpha value is -1.77. The minimum Gasteiger partial charge on any atom is -0.351 e. The van der Waals surface area contributed by atoms with E-state index in [9.17, 15) is 9.59 Å². The zero-order chi connectivity index (χ0) is 15.0. The maximum atomic E-state index is 11.8. The van der Waals surface area contributed by atoms with Gasteiger partial charge >= 0.3 is 0 Å². The quantitative estimate of drug-likeness (QED) is 0.337. The molecule has 0 unspecified atom stereocenters. The largest absolute Gasteiger partial charge is 0.351 e. The molecule has 0 fully saturated rings. The number of hydroxylamine groups is 1. The van der Waals surface area contributed by atoms with E-state index >= 15 is 0 Å². The van der Waals surface area contributed by atoms with Crippen LogP contribution in [0.5, 0.6) is 0 Å². The SMILES string of the molecule is CC(=O)CONC[C@H](C)NC(=O)[C@@H](N)Cc1ncc[nH]1. The van der Waals surface area contributed by atoms with Crippen LogP contribution in [-0.2, 0) is 20.8 Å². The van der Waals surface area contributed by atoms with Crippen molar-refractivity contribution in [2.24, 2.45) is 5.73 Å². The molecule has 1 heterocycles. The summed E-state index contributed by atoms with van der Waals surface area (Å²) in [6, 6.07) is -0.834. The number of hydrogen-bond acceptors (Lipinski definition) is 6. The Labute approximate surface area is 117 Å². The van der Waals surface area contributed by atoms with Crippen molar-refractivity contribution in [1.82, 2.24) is 20.8 Å². The molecule has 8 heteroatoms. The number of hydrogen-bond donors (Lipinski definition) is 4. The lowest BCUT2D eigenvalue weighted by atomic mass is 10.2. The van der Waals surface area contributed by atoms with E-state index in [0.717, 1.165) is 0 Å². The van der Waals surface area contributed by atoms with Gasteiger partial charge in [0.1, 0.15) is 12.4 Å². The van der Waals surface area contributed by atoms with Crippen LogP contribution in [0.2, 0.25) is 0 Å². The molecule has 20 heavy (non-hydrogen) atoms. The van der Waals surface area contributed by atoms with E-state index in [0.29, 0.717) is 18.8 Å². The molecule has 112 valence electrons. The summed E-state index contributed by atoms with van der Waals surface area (Å²) in [5.74, 6) is 0.333. The first-order valence-corrected chi connectivity index (χ1v) is 6.37. The fourth-order valence-electron chi connectivity index (χ4n) is 1.45. The van der Waals surface area contributed by atoms with E-state index in [2.05, 4.69) is 20.8 Å². The van der Waals surface area contributed by atoms with Crippen LogP contribution in [0.25, 0.3) is 0 Å². The third-order valence-corrected chi connectivity index (χ3v) is 2.46. The molecule has 0 aliphatic heterocycles. The first-order chi connectivity index (χ1) is 9.49. The Kier molecular flexibility index (Phi) is 6.85. The van der Waals surface area contributed by atoms with Crippen LogP contribution in [0, 0.1) is 0 Å². The predicted octanol–water partition coefficient (Wildman–Crippen LogP) is -1.11. The Bertz CT molecular complexity index is 421. The monoisotopic (exact) mass is 283 g/mol. The maximum absolute atomic E-state index is 11.8. The number of nitrogens with two attached hydrogens (primary N) is 1. The molecule has 0 radical (unpaired) electrons. The van der Waals surface area contributed by atoms with Crippen molar-refractivity contribution in [3.8, 4) is 0 Å². The van der Waals surface area contributed by atoms with E-state index in [-0.39, 0.29) is 24.3 Å². The second-order valence-corrected chi connectivity index (χ2v) is 4.60. The summed E-state index contributed by atoms with van der Waals surface area (Å²) >= 11 is 0. The van der Waals surface area contributed by atoms with Crippen LogP contribution < -0.4 is 16.5 Å². The number of rotatable bonds is 9. The molecular weight excluding hydrogens is 262 g/mol. The second-order valence-electron chi connectivity index (χ2n) is 4.60. The van der Waals surface area contributed by atoms with Crippen molar-refractivity contribution in [1.29, 1.82) is 0 Å². The van der Waals surface area contributed by atoms with Gasteiger partial charge in [0.2, 0.25) is 5.91 Å². The Morgan fingerprint density at radius 3 is 2.90 bits per heavy atom. The van der Waals surface area contributed by atoms with Crippen LogP contribution in [0.1, 0.15) is 19.7 Å². The summed E-state index contributed by atoms with van der Waals surface area (Å²) in [6.07, 6.45) is 3.64. The van der Waals surface area contributed by atoms with Gasteiger partial charge in [-0.15, -0.1) is 0 Å². The molecule has 1 rings (SSSR count). The summed E-state index contributed by atoms with van der Waals surface area (Å²) < 4.78 is 0. The topological polar surface area (TPSA) is 122 Å². The molecular formula is C12H21N5O3. The number of H-pyrrole nitrogens is 1. The molecule has 1 aromatic heterocycles. The number of nitrogens with zero attached hydrogens (tertiary/aromatic N) is 1. The van der Waals surface area contributed by atoms with Gasteiger partial charge in [0.25, 0.3) is 0 Å². The third kappa shape index (κ3) is 6.41. The average molecular weight is 283 g/mol. The van der Waals surface area contributed by atoms with Crippen LogP contribution in [0.4, 0.5) is 0 Å². The number of imidazole rings is 1. The molecule has 0 saturated carbocycles. The first-order valence-electron chi connectivity index (χ1n) is 6.37. The van der Waals surface area contributed by atoms with E-state index in [1.807, 2.05) is 6.92 Å². The lowest BCUT2D eigenvalue weighted by Crippen LogP contribution is -2.48. The summed E-state index contributed by atoms with van der Waals surface area (Å²) in [5.41, 5.74) is 8.39. The molecule has 0 saturated heterocycles. The zero-order valence-corrected chi connectivity index (χ0v) is 11.7. The normalized spacial score (nSPS) is 13.8. The van der Waals surface area contributed by atoms with Crippen LogP contribution in [-0.4, -0.2) is 46.9 Å². The fourth-order valence-corrected chi connectivity index (χ4v) is 1.45. The molecule has 5 N–H and O–H groups in total. The van der Waals surface area contributed by atoms with Gasteiger partial charge in [0.15, 0.2) is 5.78 Å². The maximum Gasteiger partial charge on any atom is 0.237 e. The lowest BCUT2D eigenvalue weighted by Gasteiger charge is -2.17. The summed E-state index contributed by atoms with van der Waals surface area (Å²) in [5, 5.41) is 2.75. The zero-order valence-electron chi connectivity index (χ0n) is 11.7. The van der Waals surface area contributed by atoms with Crippen molar-refractivity contribution in [3.63, 3.8) is 0 Å². The highest BCUT2D eigenvalue weighted by atomic mass is 16.6. The minimum atomic E-state index is -0.665. The van der Waals surface area contributed by atoms with Crippen molar-refractivity contribution >= 4 is 11.7 Å². The molecule has 0 spiro atoms. The van der Waals surface area contributed by atoms with Crippen molar-refractivity contribution < 1.29 is 14.4 Å². The summed E-state index contributed by atoms with van der Waals surface area (Å²) in [6.45, 7) is 3.62. The highest BCUT2D eigenvalue weighted by Gasteiger charge is 2.17. The van der Waals surface area contributed by atoms with E-state index in [4.69, 9.17) is 10.6 Å². The van der Waals surface area contributed by atoms with Crippen LogP contribution >= 0.6 is 0 Å². The number of nitrogens with one attached hydrogen (secondary N) is 3. The van der Waals surface area contributed by atoms with Gasteiger partial charge in [-0.1, -0.05) is 0 Å². The fraction of sp³-hybridized carbons (Fsp3) is 0.583. The Balaban J connectivity index is 2.21. The Morgan fingerprint density at radius 1 is 1.55 bits per heavy atom. The predicted molar refractivity (Wildman–Crippen MR) is 72.5 cm³/mol. The van der Waals surface area contributed by atoms with E-state index in [1.165, 1.54) is 6.92 Å². The molecule has 1 aromatic rings. The third-order valence-electron chi connectivity index (χ3n) is 2.46. The van der Waals surface area contributed by atoms with Gasteiger partial charge in [0, 0.05) is 31.4 Å². The van der Waals surface area contributed by atoms with Gasteiger partial charge < -0.3 is 16.0 Å². The smallest absolute Gasteiger partial charge is 0.237 e. The number of carbonyl (C=O) groups is 2. The van der Waals surface area contributed by atoms with Crippen molar-refractivity contribution in [2.75, 3.05) is 13.2 Å². The minimum absolute atomic E-state index is 0.00132. The number of aromatic nitrogens is 2. The molecule has 1 amide bonds. The highest BCUT2D eigenvalue weighted by molar-refractivity contribution is 5.81. The summed E-state index contributed by atoms with van der Waals surface area (Å²) in [7, 11) is 0. The summed E-state index contributed by atoms with van der Waals surface area (Å²) in [4.78, 5) is 34.3. The molecule has 8 nitrogen and oxygen atoms in total. The van der Waals surface area contributed by atoms with E-state index < -0.39 is 6.04 Å². The van der Waals surface area contributed by atoms with Gasteiger partial charge in [-0.05, 0) is 13.8 Å². The molecule has 0 aliphatic carbocycles. The lowest BCUT2D eigenvalue weighted by molar-refractivity contribution is -0.125. The molecule has 0 aliphatic rings. The molecule has 0 bridgehead atoms. The number of amides is 1. The number of carbonyl (C=O) groups excluding carboxylic acids is 2.